The van der Waals surface area contributed by atoms with E-state index in [9.17, 15) is 44.7 Å². The van der Waals surface area contributed by atoms with Crippen LogP contribution in [0, 0.1) is 0 Å². The summed E-state index contributed by atoms with van der Waals surface area (Å²) in [4.78, 5) is 20.7. The Bertz CT molecular complexity index is 381. The van der Waals surface area contributed by atoms with Crippen molar-refractivity contribution in [3.8, 4) is 0 Å². The van der Waals surface area contributed by atoms with E-state index in [1.165, 1.54) is 0 Å². The Balaban J connectivity index is 5.87. The van der Waals surface area contributed by atoms with Gasteiger partial charge in [0.25, 0.3) is 0 Å². The van der Waals surface area contributed by atoms with Crippen molar-refractivity contribution in [3.05, 3.63) is 0 Å². The summed E-state index contributed by atoms with van der Waals surface area (Å²) in [7, 11) is 0. The average Bonchev–Trinajstić information content (AvgIpc) is 2.16. The number of rotatable bonds is 5. The number of hydrogen-bond donors (Lipinski definition) is 0. The second-order valence-corrected chi connectivity index (χ2v) is 2.64. The standard InChI is InChI=1S/C6F8N2O2/c7-3(8,5(11,12)15-1-17)4(9,10)6(13,14)16-2-18. The molecule has 0 aliphatic heterocycles. The zero-order valence-corrected chi connectivity index (χ0v) is 7.73. The molecule has 0 atom stereocenters. The highest BCUT2D eigenvalue weighted by molar-refractivity contribution is 5.35. The molecule has 0 rings (SSSR count). The van der Waals surface area contributed by atoms with E-state index in [4.69, 9.17) is 0 Å². The molecule has 0 heterocycles. The predicted molar refractivity (Wildman–Crippen MR) is 36.0 cm³/mol. The fourth-order valence-corrected chi connectivity index (χ4v) is 0.633. The molecule has 0 radical (unpaired) electrons. The molecule has 0 spiro atoms. The van der Waals surface area contributed by atoms with Crippen molar-refractivity contribution in [2.45, 2.75) is 23.9 Å². The summed E-state index contributed by atoms with van der Waals surface area (Å²) in [6.07, 6.45) is -0.343. The Morgan fingerprint density at radius 3 is 1.00 bits per heavy atom. The van der Waals surface area contributed by atoms with Crippen LogP contribution >= 0.6 is 0 Å². The minimum absolute atomic E-state index is 0.172. The van der Waals surface area contributed by atoms with Crippen molar-refractivity contribution in [2.24, 2.45) is 9.98 Å². The number of hydrogen-bond acceptors (Lipinski definition) is 4. The van der Waals surface area contributed by atoms with Crippen LogP contribution in [0.2, 0.25) is 0 Å². The van der Waals surface area contributed by atoms with Crippen molar-refractivity contribution < 1.29 is 44.7 Å². The van der Waals surface area contributed by atoms with E-state index >= 15 is 0 Å². The molecule has 0 bridgehead atoms. The third-order valence-corrected chi connectivity index (χ3v) is 1.52. The van der Waals surface area contributed by atoms with Gasteiger partial charge in [-0.2, -0.15) is 35.1 Å². The lowest BCUT2D eigenvalue weighted by molar-refractivity contribution is -0.362. The summed E-state index contributed by atoms with van der Waals surface area (Å²) in [5, 5.41) is 0. The Kier molecular flexibility index (Phi) is 4.02. The van der Waals surface area contributed by atoms with E-state index in [1.807, 2.05) is 0 Å². The van der Waals surface area contributed by atoms with E-state index in [2.05, 4.69) is 0 Å². The number of halogens is 8. The fourth-order valence-electron chi connectivity index (χ4n) is 0.633. The molecular weight excluding hydrogens is 284 g/mol. The topological polar surface area (TPSA) is 58.9 Å². The normalized spacial score (nSPS) is 13.6. The molecule has 102 valence electrons. The van der Waals surface area contributed by atoms with Gasteiger partial charge < -0.3 is 0 Å². The lowest BCUT2D eigenvalue weighted by Crippen LogP contribution is -2.61. The fraction of sp³-hybridized carbons (Fsp3) is 0.667. The van der Waals surface area contributed by atoms with E-state index in [0.29, 0.717) is 0 Å². The lowest BCUT2D eigenvalue weighted by atomic mass is 10.1. The predicted octanol–water partition coefficient (Wildman–Crippen LogP) is 2.11. The van der Waals surface area contributed by atoms with E-state index < -0.39 is 23.9 Å². The summed E-state index contributed by atoms with van der Waals surface area (Å²) in [6.45, 7) is 0. The highest BCUT2D eigenvalue weighted by Crippen LogP contribution is 2.53. The third kappa shape index (κ3) is 2.24. The monoisotopic (exact) mass is 284 g/mol. The van der Waals surface area contributed by atoms with Gasteiger partial charge in [-0.05, 0) is 0 Å². The molecule has 0 aromatic heterocycles. The van der Waals surface area contributed by atoms with Gasteiger partial charge in [-0.3, -0.25) is 0 Å². The molecule has 0 fully saturated rings. The van der Waals surface area contributed by atoms with Crippen molar-refractivity contribution in [1.82, 2.24) is 0 Å². The first-order chi connectivity index (χ1) is 7.87. The SMILES string of the molecule is O=C=NC(F)(F)C(F)(F)C(F)(F)C(F)(F)N=C=O. The summed E-state index contributed by atoms with van der Waals surface area (Å²) in [5.74, 6) is -13.6. The van der Waals surface area contributed by atoms with Gasteiger partial charge in [0.05, 0.1) is 0 Å². The van der Waals surface area contributed by atoms with Gasteiger partial charge in [0.1, 0.15) is 0 Å². The van der Waals surface area contributed by atoms with Gasteiger partial charge >= 0.3 is 23.9 Å². The van der Waals surface area contributed by atoms with Crippen LogP contribution in [0.25, 0.3) is 0 Å². The molecule has 18 heavy (non-hydrogen) atoms. The van der Waals surface area contributed by atoms with Gasteiger partial charge in [-0.1, -0.05) is 0 Å². The molecule has 0 saturated carbocycles. The molecule has 12 heteroatoms. The maximum Gasteiger partial charge on any atom is 0.421 e. The van der Waals surface area contributed by atoms with Gasteiger partial charge in [0.2, 0.25) is 12.2 Å². The molecule has 0 saturated heterocycles. The van der Waals surface area contributed by atoms with E-state index in [0.717, 1.165) is 9.98 Å². The first-order valence-electron chi connectivity index (χ1n) is 3.56. The lowest BCUT2D eigenvalue weighted by Gasteiger charge is -2.31. The summed E-state index contributed by atoms with van der Waals surface area (Å²) in [5.41, 5.74) is 0. The maximum absolute atomic E-state index is 12.5. The first kappa shape index (κ1) is 16.2. The van der Waals surface area contributed by atoms with Crippen LogP contribution in [-0.2, 0) is 9.59 Å². The van der Waals surface area contributed by atoms with Crippen molar-refractivity contribution in [1.29, 1.82) is 0 Å². The summed E-state index contributed by atoms with van der Waals surface area (Å²) in [6, 6.07) is -12.3. The number of nitrogens with zero attached hydrogens (tertiary/aromatic N) is 2. The molecule has 0 aliphatic rings. The zero-order valence-electron chi connectivity index (χ0n) is 7.73. The molecule has 0 N–H and O–H groups in total. The Morgan fingerprint density at radius 2 is 0.833 bits per heavy atom. The maximum atomic E-state index is 12.5. The number of carbonyl (C=O) groups excluding carboxylic acids is 2. The Hall–Kier alpha value is -1.80. The second kappa shape index (κ2) is 4.46. The van der Waals surface area contributed by atoms with Crippen LogP contribution in [0.1, 0.15) is 0 Å². The molecule has 0 aromatic carbocycles. The van der Waals surface area contributed by atoms with Crippen molar-refractivity contribution >= 4 is 12.2 Å². The van der Waals surface area contributed by atoms with E-state index in [1.54, 1.807) is 0 Å². The largest absolute Gasteiger partial charge is 0.421 e. The number of alkyl halides is 8. The number of isocyanates is 2. The van der Waals surface area contributed by atoms with Crippen LogP contribution in [0.5, 0.6) is 0 Å². The van der Waals surface area contributed by atoms with Crippen LogP contribution in [-0.4, -0.2) is 36.1 Å². The van der Waals surface area contributed by atoms with Crippen molar-refractivity contribution in [3.63, 3.8) is 0 Å². The van der Waals surface area contributed by atoms with Crippen LogP contribution < -0.4 is 0 Å². The van der Waals surface area contributed by atoms with Crippen LogP contribution in [0.4, 0.5) is 35.1 Å². The molecule has 0 aliphatic carbocycles. The van der Waals surface area contributed by atoms with Gasteiger partial charge in [0, 0.05) is 0 Å². The number of aliphatic imine (C=N–C) groups is 2. The highest BCUT2D eigenvalue weighted by atomic mass is 19.4. The highest BCUT2D eigenvalue weighted by Gasteiger charge is 2.82. The third-order valence-electron chi connectivity index (χ3n) is 1.52. The second-order valence-electron chi connectivity index (χ2n) is 2.64. The molecule has 0 amide bonds. The minimum Gasteiger partial charge on any atom is -0.211 e. The van der Waals surface area contributed by atoms with Crippen molar-refractivity contribution in [2.75, 3.05) is 0 Å². The quantitative estimate of drug-likeness (QED) is 0.336. The average molecular weight is 284 g/mol. The Labute approximate surface area is 92.0 Å². The molecule has 4 nitrogen and oxygen atoms in total. The summed E-state index contributed by atoms with van der Waals surface area (Å²) < 4.78 is 99.5. The van der Waals surface area contributed by atoms with Gasteiger partial charge in [0.15, 0.2) is 0 Å². The zero-order chi connectivity index (χ0) is 14.8. The summed E-state index contributed by atoms with van der Waals surface area (Å²) >= 11 is 0. The van der Waals surface area contributed by atoms with Crippen LogP contribution in [0.15, 0.2) is 9.98 Å². The van der Waals surface area contributed by atoms with Crippen LogP contribution in [0.3, 0.4) is 0 Å². The van der Waals surface area contributed by atoms with E-state index in [-0.39, 0.29) is 12.2 Å². The minimum atomic E-state index is -6.79. The first-order valence-corrected chi connectivity index (χ1v) is 3.56. The van der Waals surface area contributed by atoms with Gasteiger partial charge in [-0.15, -0.1) is 9.98 Å². The molecule has 0 unspecified atom stereocenters. The van der Waals surface area contributed by atoms with Gasteiger partial charge in [-0.25, -0.2) is 9.59 Å². The smallest absolute Gasteiger partial charge is 0.211 e. The Morgan fingerprint density at radius 1 is 0.611 bits per heavy atom. The molecular formula is C6F8N2O2. The molecule has 0 aromatic rings.